The standard InChI is InChI=1S/C19H24N6O2/c1-13-11-17(23(2)22-13)18-20-15-4-3-14(12-16(15)21-18)19(27)25-7-5-24(6-8-25)9-10-26/h3-4,11-12,26H,5-10H2,1-2H3,(H,20,21). The third-order valence-corrected chi connectivity index (χ3v) is 5.05. The van der Waals surface area contributed by atoms with Gasteiger partial charge in [0.1, 0.15) is 5.69 Å². The predicted octanol–water partition coefficient (Wildman–Crippen LogP) is 1.02. The number of rotatable bonds is 4. The molecule has 1 aliphatic heterocycles. The first kappa shape index (κ1) is 17.7. The molecule has 1 fully saturated rings. The van der Waals surface area contributed by atoms with Crippen molar-refractivity contribution in [2.45, 2.75) is 6.92 Å². The Balaban J connectivity index is 1.55. The highest BCUT2D eigenvalue weighted by atomic mass is 16.3. The van der Waals surface area contributed by atoms with E-state index in [0.717, 1.165) is 41.3 Å². The summed E-state index contributed by atoms with van der Waals surface area (Å²) in [5.41, 5.74) is 4.18. The number of piperazine rings is 1. The number of nitrogens with zero attached hydrogens (tertiary/aromatic N) is 5. The first-order chi connectivity index (χ1) is 13.0. The fourth-order valence-corrected chi connectivity index (χ4v) is 3.59. The number of fused-ring (bicyclic) bond motifs is 1. The summed E-state index contributed by atoms with van der Waals surface area (Å²) < 4.78 is 1.80. The molecule has 1 saturated heterocycles. The van der Waals surface area contributed by atoms with Crippen molar-refractivity contribution in [3.05, 3.63) is 35.5 Å². The van der Waals surface area contributed by atoms with Gasteiger partial charge in [-0.15, -0.1) is 0 Å². The smallest absolute Gasteiger partial charge is 0.254 e. The van der Waals surface area contributed by atoms with Crippen LogP contribution in [-0.2, 0) is 7.05 Å². The van der Waals surface area contributed by atoms with Crippen molar-refractivity contribution >= 4 is 16.9 Å². The lowest BCUT2D eigenvalue weighted by Crippen LogP contribution is -2.49. The summed E-state index contributed by atoms with van der Waals surface area (Å²) >= 11 is 0. The zero-order valence-electron chi connectivity index (χ0n) is 15.6. The first-order valence-electron chi connectivity index (χ1n) is 9.18. The second-order valence-corrected chi connectivity index (χ2v) is 6.97. The maximum atomic E-state index is 12.9. The van der Waals surface area contributed by atoms with Gasteiger partial charge in [-0.1, -0.05) is 0 Å². The van der Waals surface area contributed by atoms with Gasteiger partial charge in [0.15, 0.2) is 5.82 Å². The zero-order chi connectivity index (χ0) is 19.0. The number of β-amino-alcohol motifs (C(OH)–C–C–N with tert-alkyl or cyclic N) is 1. The van der Waals surface area contributed by atoms with Crippen LogP contribution in [0.3, 0.4) is 0 Å². The average molecular weight is 368 g/mol. The van der Waals surface area contributed by atoms with E-state index in [1.165, 1.54) is 0 Å². The van der Waals surface area contributed by atoms with E-state index in [2.05, 4.69) is 20.0 Å². The highest BCUT2D eigenvalue weighted by Crippen LogP contribution is 2.22. The van der Waals surface area contributed by atoms with E-state index in [4.69, 9.17) is 5.11 Å². The quantitative estimate of drug-likeness (QED) is 0.718. The molecule has 0 unspecified atom stereocenters. The minimum atomic E-state index is 0.0353. The second kappa shape index (κ2) is 7.13. The van der Waals surface area contributed by atoms with Crippen LogP contribution >= 0.6 is 0 Å². The minimum Gasteiger partial charge on any atom is -0.395 e. The van der Waals surface area contributed by atoms with Crippen LogP contribution < -0.4 is 0 Å². The molecular formula is C19H24N6O2. The largest absolute Gasteiger partial charge is 0.395 e. The number of aryl methyl sites for hydroxylation is 2. The molecule has 0 atom stereocenters. The van der Waals surface area contributed by atoms with Crippen LogP contribution in [-0.4, -0.2) is 79.9 Å². The van der Waals surface area contributed by atoms with Crippen molar-refractivity contribution in [2.24, 2.45) is 7.05 Å². The molecule has 3 aromatic rings. The Hall–Kier alpha value is -2.71. The van der Waals surface area contributed by atoms with Crippen LogP contribution in [0.15, 0.2) is 24.3 Å². The fourth-order valence-electron chi connectivity index (χ4n) is 3.59. The van der Waals surface area contributed by atoms with Gasteiger partial charge >= 0.3 is 0 Å². The predicted molar refractivity (Wildman–Crippen MR) is 102 cm³/mol. The Morgan fingerprint density at radius 2 is 2.00 bits per heavy atom. The molecule has 0 radical (unpaired) electrons. The van der Waals surface area contributed by atoms with Crippen LogP contribution in [0.5, 0.6) is 0 Å². The van der Waals surface area contributed by atoms with Crippen molar-refractivity contribution in [2.75, 3.05) is 39.3 Å². The number of nitrogens with one attached hydrogen (secondary N) is 1. The summed E-state index contributed by atoms with van der Waals surface area (Å²) in [5.74, 6) is 0.781. The number of hydrogen-bond donors (Lipinski definition) is 2. The van der Waals surface area contributed by atoms with E-state index in [1.807, 2.05) is 43.1 Å². The topological polar surface area (TPSA) is 90.3 Å². The molecule has 0 bridgehead atoms. The van der Waals surface area contributed by atoms with Gasteiger partial charge in [0.05, 0.1) is 23.3 Å². The molecule has 2 N–H and O–H groups in total. The number of aromatic nitrogens is 4. The Morgan fingerprint density at radius 3 is 2.67 bits per heavy atom. The fraction of sp³-hybridized carbons (Fsp3) is 0.421. The summed E-state index contributed by atoms with van der Waals surface area (Å²) in [6.07, 6.45) is 0. The molecule has 4 rings (SSSR count). The molecular weight excluding hydrogens is 344 g/mol. The Labute approximate surface area is 157 Å². The van der Waals surface area contributed by atoms with Crippen LogP contribution in [0.2, 0.25) is 0 Å². The number of carbonyl (C=O) groups is 1. The molecule has 142 valence electrons. The lowest BCUT2D eigenvalue weighted by Gasteiger charge is -2.34. The van der Waals surface area contributed by atoms with E-state index in [0.29, 0.717) is 25.2 Å². The molecule has 1 amide bonds. The van der Waals surface area contributed by atoms with Gasteiger partial charge in [-0.2, -0.15) is 5.10 Å². The van der Waals surface area contributed by atoms with Crippen LogP contribution in [0.4, 0.5) is 0 Å². The van der Waals surface area contributed by atoms with Gasteiger partial charge < -0.3 is 15.0 Å². The molecule has 1 aromatic carbocycles. The summed E-state index contributed by atoms with van der Waals surface area (Å²) in [7, 11) is 1.89. The van der Waals surface area contributed by atoms with Crippen molar-refractivity contribution in [1.29, 1.82) is 0 Å². The van der Waals surface area contributed by atoms with Gasteiger partial charge in [-0.05, 0) is 31.2 Å². The number of aromatic amines is 1. The van der Waals surface area contributed by atoms with Crippen molar-refractivity contribution in [1.82, 2.24) is 29.5 Å². The molecule has 27 heavy (non-hydrogen) atoms. The maximum absolute atomic E-state index is 12.9. The van der Waals surface area contributed by atoms with E-state index < -0.39 is 0 Å². The van der Waals surface area contributed by atoms with E-state index >= 15 is 0 Å². The van der Waals surface area contributed by atoms with Crippen LogP contribution in [0.1, 0.15) is 16.1 Å². The Bertz CT molecular complexity index is 968. The Morgan fingerprint density at radius 1 is 1.22 bits per heavy atom. The molecule has 8 nitrogen and oxygen atoms in total. The molecule has 1 aliphatic rings. The van der Waals surface area contributed by atoms with E-state index in [9.17, 15) is 4.79 Å². The number of carbonyl (C=O) groups excluding carboxylic acids is 1. The second-order valence-electron chi connectivity index (χ2n) is 6.97. The summed E-state index contributed by atoms with van der Waals surface area (Å²) in [6.45, 7) is 5.72. The third-order valence-electron chi connectivity index (χ3n) is 5.05. The van der Waals surface area contributed by atoms with Gasteiger partial charge in [-0.25, -0.2) is 4.98 Å². The van der Waals surface area contributed by atoms with E-state index in [-0.39, 0.29) is 12.5 Å². The minimum absolute atomic E-state index is 0.0353. The number of benzene rings is 1. The monoisotopic (exact) mass is 368 g/mol. The summed E-state index contributed by atoms with van der Waals surface area (Å²) in [5, 5.41) is 13.4. The summed E-state index contributed by atoms with van der Waals surface area (Å²) in [4.78, 5) is 24.8. The van der Waals surface area contributed by atoms with Crippen molar-refractivity contribution in [3.63, 3.8) is 0 Å². The van der Waals surface area contributed by atoms with Crippen LogP contribution in [0.25, 0.3) is 22.6 Å². The molecule has 0 spiro atoms. The summed E-state index contributed by atoms with van der Waals surface area (Å²) in [6, 6.07) is 7.57. The van der Waals surface area contributed by atoms with Gasteiger partial charge in [0, 0.05) is 45.3 Å². The molecule has 8 heteroatoms. The molecule has 0 saturated carbocycles. The lowest BCUT2D eigenvalue weighted by atomic mass is 10.1. The van der Waals surface area contributed by atoms with Gasteiger partial charge in [-0.3, -0.25) is 14.4 Å². The number of aliphatic hydroxyl groups is 1. The number of amides is 1. The molecule has 3 heterocycles. The molecule has 2 aromatic heterocycles. The van der Waals surface area contributed by atoms with Gasteiger partial charge in [0.2, 0.25) is 0 Å². The number of aliphatic hydroxyl groups excluding tert-OH is 1. The SMILES string of the molecule is Cc1cc(-c2nc3ccc(C(=O)N4CCN(CCO)CC4)cc3[nH]2)n(C)n1. The van der Waals surface area contributed by atoms with E-state index in [1.54, 1.807) is 4.68 Å². The average Bonchev–Trinajstić information content (AvgIpc) is 3.23. The maximum Gasteiger partial charge on any atom is 0.254 e. The zero-order valence-corrected chi connectivity index (χ0v) is 15.6. The van der Waals surface area contributed by atoms with Crippen molar-refractivity contribution < 1.29 is 9.90 Å². The number of hydrogen-bond acceptors (Lipinski definition) is 5. The van der Waals surface area contributed by atoms with Gasteiger partial charge in [0.25, 0.3) is 5.91 Å². The van der Waals surface area contributed by atoms with Crippen LogP contribution in [0, 0.1) is 6.92 Å². The number of imidazole rings is 1. The normalized spacial score (nSPS) is 15.6. The number of H-pyrrole nitrogens is 1. The Kier molecular flexibility index (Phi) is 4.67. The molecule has 0 aliphatic carbocycles. The lowest BCUT2D eigenvalue weighted by molar-refractivity contribution is 0.0615. The third kappa shape index (κ3) is 3.45. The highest BCUT2D eigenvalue weighted by molar-refractivity contribution is 5.97. The highest BCUT2D eigenvalue weighted by Gasteiger charge is 2.22. The van der Waals surface area contributed by atoms with Crippen molar-refractivity contribution in [3.8, 4) is 11.5 Å². The first-order valence-corrected chi connectivity index (χ1v) is 9.18.